The van der Waals surface area contributed by atoms with Crippen LogP contribution in [0.4, 0.5) is 0 Å². The second-order valence-electron chi connectivity index (χ2n) is 8.33. The fourth-order valence-electron chi connectivity index (χ4n) is 5.85. The van der Waals surface area contributed by atoms with Crippen LogP contribution in [0, 0.1) is 28.6 Å². The number of carbonyl (C=O) groups is 1. The first-order chi connectivity index (χ1) is 11.9. The third-order valence-corrected chi connectivity index (χ3v) is 7.31. The van der Waals surface area contributed by atoms with Crippen molar-refractivity contribution in [2.75, 3.05) is 13.2 Å². The van der Waals surface area contributed by atoms with E-state index < -0.39 is 11.5 Å². The number of ether oxygens (including phenoxy) is 2. The van der Waals surface area contributed by atoms with Crippen LogP contribution < -0.4 is 0 Å². The number of aliphatic hydroxyl groups excluding tert-OH is 2. The molecule has 136 valence electrons. The van der Waals surface area contributed by atoms with Crippen molar-refractivity contribution in [3.8, 4) is 0 Å². The van der Waals surface area contributed by atoms with Gasteiger partial charge in [0.2, 0.25) is 0 Å². The Balaban J connectivity index is 1.49. The highest BCUT2D eigenvalue weighted by molar-refractivity contribution is 5.70. The standard InChI is InChI=1S/C20H26O5/c1-19(10-21)15-13(16-18(17(15)23)25-11-20(16,19)2)8-14(22)24-9-12-6-4-3-5-7-12/h3-7,13,15-18,21,23H,8-11H2,1-2H3. The maximum Gasteiger partial charge on any atom is 0.306 e. The fraction of sp³-hybridized carbons (Fsp3) is 0.650. The number of fused-ring (bicyclic) bond motifs is 1. The lowest BCUT2D eigenvalue weighted by Gasteiger charge is -2.46. The molecule has 5 nitrogen and oxygen atoms in total. The zero-order valence-corrected chi connectivity index (χ0v) is 14.7. The summed E-state index contributed by atoms with van der Waals surface area (Å²) in [6.45, 7) is 4.94. The van der Waals surface area contributed by atoms with E-state index in [4.69, 9.17) is 9.47 Å². The molecule has 2 bridgehead atoms. The Morgan fingerprint density at radius 1 is 1.28 bits per heavy atom. The molecule has 2 saturated carbocycles. The fourth-order valence-corrected chi connectivity index (χ4v) is 5.85. The van der Waals surface area contributed by atoms with Crippen LogP contribution in [0.2, 0.25) is 0 Å². The summed E-state index contributed by atoms with van der Waals surface area (Å²) in [5, 5.41) is 20.8. The molecule has 1 aromatic carbocycles. The van der Waals surface area contributed by atoms with Gasteiger partial charge in [0.15, 0.2) is 0 Å². The molecule has 1 aliphatic heterocycles. The molecule has 1 aromatic rings. The highest BCUT2D eigenvalue weighted by Gasteiger charge is 2.76. The topological polar surface area (TPSA) is 76.0 Å². The molecule has 2 aliphatic carbocycles. The number of esters is 1. The van der Waals surface area contributed by atoms with Crippen molar-refractivity contribution >= 4 is 5.97 Å². The quantitative estimate of drug-likeness (QED) is 0.795. The van der Waals surface area contributed by atoms with Gasteiger partial charge in [-0.15, -0.1) is 0 Å². The second kappa shape index (κ2) is 5.79. The van der Waals surface area contributed by atoms with Crippen LogP contribution in [0.15, 0.2) is 30.3 Å². The summed E-state index contributed by atoms with van der Waals surface area (Å²) in [6, 6.07) is 9.61. The van der Waals surface area contributed by atoms with E-state index in [1.54, 1.807) is 0 Å². The highest BCUT2D eigenvalue weighted by Crippen LogP contribution is 2.72. The van der Waals surface area contributed by atoms with Gasteiger partial charge in [-0.1, -0.05) is 44.2 Å². The number of carbonyl (C=O) groups excluding carboxylic acids is 1. The van der Waals surface area contributed by atoms with Gasteiger partial charge in [-0.3, -0.25) is 4.79 Å². The molecule has 7 unspecified atom stereocenters. The van der Waals surface area contributed by atoms with E-state index in [9.17, 15) is 15.0 Å². The first-order valence-electron chi connectivity index (χ1n) is 9.02. The number of aliphatic hydroxyl groups is 2. The van der Waals surface area contributed by atoms with E-state index >= 15 is 0 Å². The zero-order chi connectivity index (χ0) is 17.8. The Morgan fingerprint density at radius 2 is 2.00 bits per heavy atom. The summed E-state index contributed by atoms with van der Waals surface area (Å²) >= 11 is 0. The average molecular weight is 346 g/mol. The first kappa shape index (κ1) is 17.0. The molecule has 1 heterocycles. The molecular formula is C20H26O5. The van der Waals surface area contributed by atoms with Crippen LogP contribution in [-0.2, 0) is 20.9 Å². The summed E-state index contributed by atoms with van der Waals surface area (Å²) in [7, 11) is 0. The smallest absolute Gasteiger partial charge is 0.306 e. The van der Waals surface area contributed by atoms with Crippen molar-refractivity contribution in [1.29, 1.82) is 0 Å². The number of rotatable bonds is 5. The largest absolute Gasteiger partial charge is 0.461 e. The Labute approximate surface area is 148 Å². The minimum Gasteiger partial charge on any atom is -0.461 e. The normalized spacial score (nSPS) is 44.2. The van der Waals surface area contributed by atoms with Crippen molar-refractivity contribution in [3.05, 3.63) is 35.9 Å². The van der Waals surface area contributed by atoms with Crippen LogP contribution in [0.1, 0.15) is 25.8 Å². The molecule has 0 aromatic heterocycles. The molecule has 0 spiro atoms. The van der Waals surface area contributed by atoms with Gasteiger partial charge < -0.3 is 19.7 Å². The summed E-state index contributed by atoms with van der Waals surface area (Å²) in [4.78, 5) is 12.4. The van der Waals surface area contributed by atoms with Crippen molar-refractivity contribution in [2.45, 2.75) is 39.1 Å². The molecular weight excluding hydrogens is 320 g/mol. The lowest BCUT2D eigenvalue weighted by atomic mass is 9.58. The van der Waals surface area contributed by atoms with E-state index in [0.29, 0.717) is 6.61 Å². The first-order valence-corrected chi connectivity index (χ1v) is 9.02. The van der Waals surface area contributed by atoms with Gasteiger partial charge in [0.1, 0.15) is 6.61 Å². The average Bonchev–Trinajstić information content (AvgIpc) is 3.14. The predicted octanol–water partition coefficient (Wildman–Crippen LogP) is 1.76. The monoisotopic (exact) mass is 346 g/mol. The lowest BCUT2D eigenvalue weighted by molar-refractivity contribution is -0.146. The third-order valence-electron chi connectivity index (χ3n) is 7.31. The van der Waals surface area contributed by atoms with E-state index in [2.05, 4.69) is 6.92 Å². The van der Waals surface area contributed by atoms with Crippen LogP contribution in [0.25, 0.3) is 0 Å². The molecule has 0 radical (unpaired) electrons. The van der Waals surface area contributed by atoms with Crippen molar-refractivity contribution < 1.29 is 24.5 Å². The molecule has 2 N–H and O–H groups in total. The van der Waals surface area contributed by atoms with Gasteiger partial charge in [-0.25, -0.2) is 0 Å². The molecule has 3 fully saturated rings. The van der Waals surface area contributed by atoms with E-state index in [1.807, 2.05) is 37.3 Å². The van der Waals surface area contributed by atoms with Gasteiger partial charge in [0.05, 0.1) is 18.8 Å². The summed E-state index contributed by atoms with van der Waals surface area (Å²) in [5.74, 6) is -0.297. The SMILES string of the molecule is CC1(CO)C2C(O)C3OCC1(C)C3C2CC(=O)OCc1ccccc1. The number of hydrogen-bond donors (Lipinski definition) is 2. The summed E-state index contributed by atoms with van der Waals surface area (Å²) in [5.41, 5.74) is 0.315. The van der Waals surface area contributed by atoms with Gasteiger partial charge in [0.25, 0.3) is 0 Å². The Morgan fingerprint density at radius 3 is 2.68 bits per heavy atom. The lowest BCUT2D eigenvalue weighted by Crippen LogP contribution is -2.51. The minimum absolute atomic E-state index is 0.00655. The molecule has 3 aliphatic rings. The van der Waals surface area contributed by atoms with Crippen LogP contribution in [0.5, 0.6) is 0 Å². The Kier molecular flexibility index (Phi) is 3.94. The zero-order valence-electron chi connectivity index (χ0n) is 14.7. The van der Waals surface area contributed by atoms with Crippen LogP contribution in [-0.4, -0.2) is 41.6 Å². The van der Waals surface area contributed by atoms with Crippen molar-refractivity contribution in [3.63, 3.8) is 0 Å². The van der Waals surface area contributed by atoms with Crippen LogP contribution in [0.3, 0.4) is 0 Å². The molecule has 7 atom stereocenters. The second-order valence-corrected chi connectivity index (χ2v) is 8.33. The maximum atomic E-state index is 12.4. The van der Waals surface area contributed by atoms with Crippen molar-refractivity contribution in [2.24, 2.45) is 28.6 Å². The van der Waals surface area contributed by atoms with E-state index in [-0.39, 0.29) is 54.9 Å². The molecule has 25 heavy (non-hydrogen) atoms. The number of benzene rings is 1. The summed E-state index contributed by atoms with van der Waals surface area (Å²) in [6.07, 6.45) is -0.573. The predicted molar refractivity (Wildman–Crippen MR) is 90.4 cm³/mol. The molecule has 4 rings (SSSR count). The maximum absolute atomic E-state index is 12.4. The Hall–Kier alpha value is -1.43. The molecule has 5 heteroatoms. The molecule has 1 saturated heterocycles. The molecule has 0 amide bonds. The summed E-state index contributed by atoms with van der Waals surface area (Å²) < 4.78 is 11.3. The number of hydrogen-bond acceptors (Lipinski definition) is 5. The van der Waals surface area contributed by atoms with Crippen molar-refractivity contribution in [1.82, 2.24) is 0 Å². The van der Waals surface area contributed by atoms with E-state index in [0.717, 1.165) is 5.56 Å². The van der Waals surface area contributed by atoms with E-state index in [1.165, 1.54) is 0 Å². The van der Waals surface area contributed by atoms with Gasteiger partial charge in [-0.05, 0) is 23.3 Å². The third kappa shape index (κ3) is 2.22. The van der Waals surface area contributed by atoms with Gasteiger partial charge in [-0.2, -0.15) is 0 Å². The van der Waals surface area contributed by atoms with Crippen LogP contribution >= 0.6 is 0 Å². The highest BCUT2D eigenvalue weighted by atomic mass is 16.5. The minimum atomic E-state index is -0.621. The van der Waals surface area contributed by atoms with Gasteiger partial charge >= 0.3 is 5.97 Å². The Bertz CT molecular complexity index is 661. The van der Waals surface area contributed by atoms with Gasteiger partial charge in [0, 0.05) is 23.9 Å².